The summed E-state index contributed by atoms with van der Waals surface area (Å²) in [6, 6.07) is 6.36. The zero-order valence-corrected chi connectivity index (χ0v) is 14.3. The van der Waals surface area contributed by atoms with Gasteiger partial charge < -0.3 is 15.4 Å². The largest absolute Gasteiger partial charge is 0.454 e. The van der Waals surface area contributed by atoms with E-state index in [1.54, 1.807) is 38.2 Å². The van der Waals surface area contributed by atoms with Crippen LogP contribution < -0.4 is 10.6 Å². The highest BCUT2D eigenvalue weighted by Crippen LogP contribution is 2.24. The fourth-order valence-corrected chi connectivity index (χ4v) is 2.74. The van der Waals surface area contributed by atoms with Gasteiger partial charge >= 0.3 is 5.97 Å². The fraction of sp³-hybridized carbons (Fsp3) is 0.250. The molecule has 24 heavy (non-hydrogen) atoms. The van der Waals surface area contributed by atoms with Gasteiger partial charge in [-0.3, -0.25) is 9.59 Å². The van der Waals surface area contributed by atoms with Crippen LogP contribution in [0.4, 0.5) is 10.7 Å². The summed E-state index contributed by atoms with van der Waals surface area (Å²) in [5.74, 6) is -1.11. The van der Waals surface area contributed by atoms with Gasteiger partial charge in [0.25, 0.3) is 0 Å². The third-order valence-corrected chi connectivity index (χ3v) is 4.11. The number of nitrogens with one attached hydrogen (secondary N) is 2. The average molecular weight is 347 g/mol. The third-order valence-electron chi connectivity index (χ3n) is 3.16. The normalized spacial score (nSPS) is 10.1. The van der Waals surface area contributed by atoms with Gasteiger partial charge in [-0.15, -0.1) is 0 Å². The minimum atomic E-state index is -0.589. The van der Waals surface area contributed by atoms with Crippen molar-refractivity contribution in [3.8, 4) is 0 Å². The molecule has 7 nitrogen and oxygen atoms in total. The van der Waals surface area contributed by atoms with E-state index in [2.05, 4.69) is 15.0 Å². The molecule has 126 valence electrons. The number of ether oxygens (including phenoxy) is 1. The molecule has 0 spiro atoms. The summed E-state index contributed by atoms with van der Waals surface area (Å²) in [7, 11) is 1.69. The lowest BCUT2D eigenvalue weighted by Gasteiger charge is -2.06. The minimum absolute atomic E-state index is 0.192. The Morgan fingerprint density at radius 2 is 1.88 bits per heavy atom. The van der Waals surface area contributed by atoms with Crippen molar-refractivity contribution >= 4 is 39.9 Å². The van der Waals surface area contributed by atoms with Crippen LogP contribution in [0.5, 0.6) is 0 Å². The predicted molar refractivity (Wildman–Crippen MR) is 91.8 cm³/mol. The van der Waals surface area contributed by atoms with Crippen molar-refractivity contribution < 1.29 is 19.1 Å². The number of carbonyl (C=O) groups is 3. The fourth-order valence-electron chi connectivity index (χ4n) is 2.01. The Morgan fingerprint density at radius 1 is 1.21 bits per heavy atom. The summed E-state index contributed by atoms with van der Waals surface area (Å²) < 4.78 is 9.18. The SMILES string of the molecule is CNc1snc(C)c1C(=O)OCC(=O)c1ccc(NC(C)=O)cc1. The van der Waals surface area contributed by atoms with Gasteiger partial charge in [-0.2, -0.15) is 4.37 Å². The summed E-state index contributed by atoms with van der Waals surface area (Å²) in [5, 5.41) is 6.09. The number of amides is 1. The highest BCUT2D eigenvalue weighted by atomic mass is 32.1. The van der Waals surface area contributed by atoms with E-state index in [0.717, 1.165) is 11.5 Å². The van der Waals surface area contributed by atoms with E-state index in [1.807, 2.05) is 0 Å². The number of anilines is 2. The number of aromatic nitrogens is 1. The minimum Gasteiger partial charge on any atom is -0.454 e. The molecule has 0 atom stereocenters. The molecule has 2 N–H and O–H groups in total. The van der Waals surface area contributed by atoms with Crippen LogP contribution in [-0.4, -0.2) is 35.7 Å². The number of aryl methyl sites for hydroxylation is 1. The van der Waals surface area contributed by atoms with Crippen LogP contribution in [0.1, 0.15) is 33.3 Å². The number of rotatable bonds is 6. The van der Waals surface area contributed by atoms with E-state index < -0.39 is 5.97 Å². The van der Waals surface area contributed by atoms with Crippen molar-refractivity contribution in [2.24, 2.45) is 0 Å². The van der Waals surface area contributed by atoms with Crippen LogP contribution >= 0.6 is 11.5 Å². The molecule has 2 rings (SSSR count). The van der Waals surface area contributed by atoms with E-state index in [1.165, 1.54) is 6.92 Å². The number of hydrogen-bond acceptors (Lipinski definition) is 7. The number of nitrogens with zero attached hydrogens (tertiary/aromatic N) is 1. The van der Waals surface area contributed by atoms with Crippen molar-refractivity contribution in [3.63, 3.8) is 0 Å². The molecule has 1 amide bonds. The second kappa shape index (κ2) is 7.69. The van der Waals surface area contributed by atoms with Crippen LogP contribution in [0.2, 0.25) is 0 Å². The topological polar surface area (TPSA) is 97.4 Å². The lowest BCUT2D eigenvalue weighted by Crippen LogP contribution is -2.15. The molecule has 1 heterocycles. The first-order valence-electron chi connectivity index (χ1n) is 7.14. The highest BCUT2D eigenvalue weighted by Gasteiger charge is 2.20. The molecule has 0 aliphatic carbocycles. The molecule has 8 heteroatoms. The van der Waals surface area contributed by atoms with E-state index in [-0.39, 0.29) is 18.3 Å². The van der Waals surface area contributed by atoms with Gasteiger partial charge in [0.1, 0.15) is 10.6 Å². The maximum absolute atomic E-state index is 12.1. The highest BCUT2D eigenvalue weighted by molar-refractivity contribution is 7.10. The Kier molecular flexibility index (Phi) is 5.64. The number of esters is 1. The van der Waals surface area contributed by atoms with Crippen molar-refractivity contribution in [2.45, 2.75) is 13.8 Å². The van der Waals surface area contributed by atoms with E-state index in [9.17, 15) is 14.4 Å². The van der Waals surface area contributed by atoms with E-state index >= 15 is 0 Å². The maximum atomic E-state index is 12.1. The first kappa shape index (κ1) is 17.6. The zero-order chi connectivity index (χ0) is 17.7. The number of carbonyl (C=O) groups excluding carboxylic acids is 3. The van der Waals surface area contributed by atoms with Crippen molar-refractivity contribution in [3.05, 3.63) is 41.1 Å². The van der Waals surface area contributed by atoms with E-state index in [4.69, 9.17) is 4.74 Å². The van der Waals surface area contributed by atoms with Crippen molar-refractivity contribution in [1.29, 1.82) is 0 Å². The van der Waals surface area contributed by atoms with E-state index in [0.29, 0.717) is 27.5 Å². The third kappa shape index (κ3) is 4.17. The average Bonchev–Trinajstić information content (AvgIpc) is 2.93. The van der Waals surface area contributed by atoms with Crippen molar-refractivity contribution in [1.82, 2.24) is 4.37 Å². The number of Topliss-reactive ketones (excluding diaryl/α,β-unsaturated/α-hetero) is 1. The zero-order valence-electron chi connectivity index (χ0n) is 13.5. The van der Waals surface area contributed by atoms with Gasteiger partial charge in [-0.1, -0.05) is 0 Å². The van der Waals surface area contributed by atoms with Crippen LogP contribution in [0.25, 0.3) is 0 Å². The standard InChI is InChI=1S/C16H17N3O4S/c1-9-14(15(17-3)24-19-9)16(22)23-8-13(21)11-4-6-12(7-5-11)18-10(2)20/h4-7,17H,8H2,1-3H3,(H,18,20). The summed E-state index contributed by atoms with van der Waals surface area (Å²) in [5.41, 5.74) is 1.89. The lowest BCUT2D eigenvalue weighted by atomic mass is 10.1. The first-order chi connectivity index (χ1) is 11.4. The number of ketones is 1. The van der Waals surface area contributed by atoms with Crippen LogP contribution in [-0.2, 0) is 9.53 Å². The molecule has 0 fully saturated rings. The predicted octanol–water partition coefficient (Wildman–Crippen LogP) is 2.49. The smallest absolute Gasteiger partial charge is 0.343 e. The molecule has 0 bridgehead atoms. The van der Waals surface area contributed by atoms with Crippen molar-refractivity contribution in [2.75, 3.05) is 24.3 Å². The molecule has 0 saturated heterocycles. The van der Waals surface area contributed by atoms with Gasteiger partial charge in [0.2, 0.25) is 5.91 Å². The number of hydrogen-bond donors (Lipinski definition) is 2. The van der Waals surface area contributed by atoms with Gasteiger partial charge in [0.05, 0.1) is 5.69 Å². The first-order valence-corrected chi connectivity index (χ1v) is 7.91. The van der Waals surface area contributed by atoms with Crippen LogP contribution in [0, 0.1) is 6.92 Å². The Balaban J connectivity index is 1.98. The molecular formula is C16H17N3O4S. The summed E-state index contributed by atoms with van der Waals surface area (Å²) in [4.78, 5) is 35.2. The summed E-state index contributed by atoms with van der Waals surface area (Å²) in [6.45, 7) is 2.74. The monoisotopic (exact) mass is 347 g/mol. The second-order valence-electron chi connectivity index (χ2n) is 4.98. The Hall–Kier alpha value is -2.74. The van der Waals surface area contributed by atoms with Gasteiger partial charge in [0, 0.05) is 25.2 Å². The quantitative estimate of drug-likeness (QED) is 0.615. The number of benzene rings is 1. The molecular weight excluding hydrogens is 330 g/mol. The molecule has 0 aliphatic heterocycles. The maximum Gasteiger partial charge on any atom is 0.343 e. The van der Waals surface area contributed by atoms with Crippen LogP contribution in [0.15, 0.2) is 24.3 Å². The molecule has 0 unspecified atom stereocenters. The molecule has 0 saturated carbocycles. The molecule has 2 aromatic rings. The lowest BCUT2D eigenvalue weighted by molar-refractivity contribution is -0.114. The van der Waals surface area contributed by atoms with Gasteiger partial charge in [0.15, 0.2) is 12.4 Å². The van der Waals surface area contributed by atoms with Gasteiger partial charge in [-0.25, -0.2) is 4.79 Å². The molecule has 1 aromatic carbocycles. The Labute approximate surface area is 143 Å². The summed E-state index contributed by atoms with van der Waals surface area (Å²) in [6.07, 6.45) is 0. The second-order valence-corrected chi connectivity index (χ2v) is 5.75. The van der Waals surface area contributed by atoms with Crippen LogP contribution in [0.3, 0.4) is 0 Å². The van der Waals surface area contributed by atoms with Gasteiger partial charge in [-0.05, 0) is 42.7 Å². The summed E-state index contributed by atoms with van der Waals surface area (Å²) >= 11 is 1.16. The molecule has 0 aliphatic rings. The Morgan fingerprint density at radius 3 is 2.46 bits per heavy atom. The Bertz CT molecular complexity index is 768. The molecule has 0 radical (unpaired) electrons. The molecule has 1 aromatic heterocycles.